The Labute approximate surface area is 124 Å². The van der Waals surface area contributed by atoms with Crippen molar-refractivity contribution in [2.45, 2.75) is 40.2 Å². The van der Waals surface area contributed by atoms with Gasteiger partial charge in [0.15, 0.2) is 0 Å². The molecule has 5 heteroatoms. The van der Waals surface area contributed by atoms with E-state index in [1.165, 1.54) is 0 Å². The molecule has 0 spiro atoms. The van der Waals surface area contributed by atoms with Crippen LogP contribution in [0.4, 0.5) is 0 Å². The second-order valence-electron chi connectivity index (χ2n) is 5.91. The van der Waals surface area contributed by atoms with Crippen molar-refractivity contribution in [3.63, 3.8) is 0 Å². The summed E-state index contributed by atoms with van der Waals surface area (Å²) in [6, 6.07) is 0.296. The summed E-state index contributed by atoms with van der Waals surface area (Å²) in [6.07, 6.45) is 1.14. The zero-order valence-electron chi connectivity index (χ0n) is 12.8. The van der Waals surface area contributed by atoms with Gasteiger partial charge in [0.05, 0.1) is 6.54 Å². The van der Waals surface area contributed by atoms with Gasteiger partial charge in [-0.05, 0) is 39.3 Å². The lowest BCUT2D eigenvalue weighted by Crippen LogP contribution is -2.46. The molecule has 0 bridgehead atoms. The van der Waals surface area contributed by atoms with Crippen molar-refractivity contribution in [2.24, 2.45) is 5.92 Å². The lowest BCUT2D eigenvalue weighted by atomic mass is 10.1. The highest BCUT2D eigenvalue weighted by Gasteiger charge is 2.21. The van der Waals surface area contributed by atoms with E-state index in [1.807, 2.05) is 4.90 Å². The van der Waals surface area contributed by atoms with E-state index in [1.54, 1.807) is 0 Å². The topological polar surface area (TPSA) is 35.6 Å². The van der Waals surface area contributed by atoms with Gasteiger partial charge in [-0.2, -0.15) is 0 Å². The molecule has 1 saturated heterocycles. The maximum Gasteiger partial charge on any atom is 0.236 e. The number of nitrogens with one attached hydrogen (secondary N) is 1. The Kier molecular flexibility index (Phi) is 9.40. The van der Waals surface area contributed by atoms with Gasteiger partial charge >= 0.3 is 0 Å². The fourth-order valence-electron chi connectivity index (χ4n) is 2.34. The van der Waals surface area contributed by atoms with Crippen molar-refractivity contribution < 1.29 is 4.79 Å². The average molecular weight is 292 g/mol. The van der Waals surface area contributed by atoms with E-state index in [-0.39, 0.29) is 18.3 Å². The minimum absolute atomic E-state index is 0. The fraction of sp³-hybridized carbons (Fsp3) is 0.929. The van der Waals surface area contributed by atoms with Crippen LogP contribution in [0.15, 0.2) is 0 Å². The van der Waals surface area contributed by atoms with E-state index in [4.69, 9.17) is 0 Å². The van der Waals surface area contributed by atoms with E-state index in [2.05, 4.69) is 37.9 Å². The standard InChI is InChI=1S/C14H29N3O.ClH/c1-12(2)10-17(13(3)4)14(18)11-16-8-5-6-15-7-9-16;/h12-13,15H,5-11H2,1-4H3;1H. The third-order valence-corrected chi connectivity index (χ3v) is 3.30. The Morgan fingerprint density at radius 2 is 1.89 bits per heavy atom. The lowest BCUT2D eigenvalue weighted by Gasteiger charge is -2.31. The summed E-state index contributed by atoms with van der Waals surface area (Å²) < 4.78 is 0. The van der Waals surface area contributed by atoms with Gasteiger partial charge in [-0.1, -0.05) is 13.8 Å². The van der Waals surface area contributed by atoms with Crippen molar-refractivity contribution >= 4 is 18.3 Å². The zero-order chi connectivity index (χ0) is 13.5. The second kappa shape index (κ2) is 9.56. The van der Waals surface area contributed by atoms with Gasteiger partial charge in [-0.25, -0.2) is 0 Å². The largest absolute Gasteiger partial charge is 0.339 e. The number of carbonyl (C=O) groups excluding carboxylic acids is 1. The monoisotopic (exact) mass is 291 g/mol. The highest BCUT2D eigenvalue weighted by molar-refractivity contribution is 5.85. The molecule has 1 heterocycles. The normalized spacial score (nSPS) is 17.2. The molecule has 0 aromatic carbocycles. The Bertz CT molecular complexity index is 251. The number of nitrogens with zero attached hydrogens (tertiary/aromatic N) is 2. The molecule has 1 aliphatic heterocycles. The van der Waals surface area contributed by atoms with Crippen molar-refractivity contribution in [3.05, 3.63) is 0 Å². The predicted molar refractivity (Wildman–Crippen MR) is 82.9 cm³/mol. The summed E-state index contributed by atoms with van der Waals surface area (Å²) in [5, 5.41) is 3.37. The first-order chi connectivity index (χ1) is 8.50. The smallest absolute Gasteiger partial charge is 0.236 e. The minimum Gasteiger partial charge on any atom is -0.339 e. The highest BCUT2D eigenvalue weighted by Crippen LogP contribution is 2.06. The minimum atomic E-state index is 0. The van der Waals surface area contributed by atoms with Crippen LogP contribution in [0.25, 0.3) is 0 Å². The molecule has 19 heavy (non-hydrogen) atoms. The Morgan fingerprint density at radius 1 is 1.21 bits per heavy atom. The van der Waals surface area contributed by atoms with Crippen LogP contribution in [-0.4, -0.2) is 61.0 Å². The molecule has 0 saturated carbocycles. The highest BCUT2D eigenvalue weighted by atomic mass is 35.5. The molecular formula is C14H30ClN3O. The van der Waals surface area contributed by atoms with Crippen LogP contribution in [0, 0.1) is 5.92 Å². The van der Waals surface area contributed by atoms with Gasteiger partial charge < -0.3 is 10.2 Å². The lowest BCUT2D eigenvalue weighted by molar-refractivity contribution is -0.134. The quantitative estimate of drug-likeness (QED) is 0.836. The predicted octanol–water partition coefficient (Wildman–Crippen LogP) is 1.60. The first-order valence-corrected chi connectivity index (χ1v) is 7.23. The number of hydrogen-bond donors (Lipinski definition) is 1. The van der Waals surface area contributed by atoms with E-state index in [0.29, 0.717) is 18.5 Å². The molecule has 114 valence electrons. The SMILES string of the molecule is CC(C)CN(C(=O)CN1CCCNCC1)C(C)C.Cl. The first-order valence-electron chi connectivity index (χ1n) is 7.23. The average Bonchev–Trinajstić information content (AvgIpc) is 2.53. The van der Waals surface area contributed by atoms with Crippen molar-refractivity contribution in [1.82, 2.24) is 15.1 Å². The summed E-state index contributed by atoms with van der Waals surface area (Å²) in [6.45, 7) is 14.1. The van der Waals surface area contributed by atoms with Gasteiger partial charge in [0, 0.05) is 25.7 Å². The van der Waals surface area contributed by atoms with Gasteiger partial charge in [-0.15, -0.1) is 12.4 Å². The number of carbonyl (C=O) groups is 1. The van der Waals surface area contributed by atoms with Gasteiger partial charge in [-0.3, -0.25) is 9.69 Å². The van der Waals surface area contributed by atoms with E-state index >= 15 is 0 Å². The molecule has 1 rings (SSSR count). The van der Waals surface area contributed by atoms with Crippen LogP contribution >= 0.6 is 12.4 Å². The van der Waals surface area contributed by atoms with Crippen LogP contribution in [0.2, 0.25) is 0 Å². The molecule has 0 unspecified atom stereocenters. The van der Waals surface area contributed by atoms with E-state index < -0.39 is 0 Å². The number of amides is 1. The molecule has 0 atom stereocenters. The van der Waals surface area contributed by atoms with Crippen molar-refractivity contribution in [3.8, 4) is 0 Å². The first kappa shape index (κ1) is 18.7. The fourth-order valence-corrected chi connectivity index (χ4v) is 2.34. The van der Waals surface area contributed by atoms with Crippen LogP contribution in [0.5, 0.6) is 0 Å². The summed E-state index contributed by atoms with van der Waals surface area (Å²) in [5.74, 6) is 0.808. The molecular weight excluding hydrogens is 262 g/mol. The summed E-state index contributed by atoms with van der Waals surface area (Å²) in [5.41, 5.74) is 0. The number of rotatable bonds is 5. The maximum atomic E-state index is 12.4. The maximum absolute atomic E-state index is 12.4. The number of hydrogen-bond acceptors (Lipinski definition) is 3. The molecule has 0 radical (unpaired) electrons. The van der Waals surface area contributed by atoms with Crippen LogP contribution in [0.3, 0.4) is 0 Å². The van der Waals surface area contributed by atoms with Crippen molar-refractivity contribution in [1.29, 1.82) is 0 Å². The third kappa shape index (κ3) is 7.14. The molecule has 1 fully saturated rings. The van der Waals surface area contributed by atoms with Gasteiger partial charge in [0.2, 0.25) is 5.91 Å². The van der Waals surface area contributed by atoms with Crippen LogP contribution in [0.1, 0.15) is 34.1 Å². The molecule has 1 N–H and O–H groups in total. The summed E-state index contributed by atoms with van der Waals surface area (Å²) in [4.78, 5) is 16.7. The Hall–Kier alpha value is -0.320. The van der Waals surface area contributed by atoms with Crippen LogP contribution < -0.4 is 5.32 Å². The van der Waals surface area contributed by atoms with E-state index in [9.17, 15) is 4.79 Å². The third-order valence-electron chi connectivity index (χ3n) is 3.30. The zero-order valence-corrected chi connectivity index (χ0v) is 13.6. The van der Waals surface area contributed by atoms with E-state index in [0.717, 1.165) is 39.1 Å². The molecule has 1 aliphatic rings. The van der Waals surface area contributed by atoms with Crippen molar-refractivity contribution in [2.75, 3.05) is 39.3 Å². The number of halogens is 1. The van der Waals surface area contributed by atoms with Gasteiger partial charge in [0.25, 0.3) is 0 Å². The molecule has 0 aromatic heterocycles. The molecule has 0 aliphatic carbocycles. The Balaban J connectivity index is 0.00000324. The summed E-state index contributed by atoms with van der Waals surface area (Å²) >= 11 is 0. The van der Waals surface area contributed by atoms with Crippen LogP contribution in [-0.2, 0) is 4.79 Å². The molecule has 1 amide bonds. The van der Waals surface area contributed by atoms with Gasteiger partial charge in [0.1, 0.15) is 0 Å². The molecule has 4 nitrogen and oxygen atoms in total. The second-order valence-corrected chi connectivity index (χ2v) is 5.91. The summed E-state index contributed by atoms with van der Waals surface area (Å²) in [7, 11) is 0. The Morgan fingerprint density at radius 3 is 2.47 bits per heavy atom. The molecule has 0 aromatic rings.